The minimum atomic E-state index is -2.92. The van der Waals surface area contributed by atoms with Gasteiger partial charge >= 0.3 is 0 Å². The molecule has 0 amide bonds. The van der Waals surface area contributed by atoms with E-state index >= 15 is 0 Å². The topological polar surface area (TPSA) is 85.0 Å². The summed E-state index contributed by atoms with van der Waals surface area (Å²) in [5.41, 5.74) is 0. The summed E-state index contributed by atoms with van der Waals surface area (Å²) in [6.07, 6.45) is 3.75. The molecular weight excluding hydrogens is 184 g/mol. The summed E-state index contributed by atoms with van der Waals surface area (Å²) in [5, 5.41) is 25.2. The summed E-state index contributed by atoms with van der Waals surface area (Å²) in [6.45, 7) is 0. The molecule has 0 saturated carbocycles. The van der Waals surface area contributed by atoms with Gasteiger partial charge in [0.15, 0.2) is 0 Å². The van der Waals surface area contributed by atoms with E-state index in [2.05, 4.69) is 4.98 Å². The fraction of sp³-hybridized carbons (Fsp3) is 0. The Morgan fingerprint density at radius 2 is 1.30 bits per heavy atom. The molecule has 0 spiro atoms. The maximum absolute atomic E-state index is 8.42. The molecule has 1 rings (SSSR count). The van der Waals surface area contributed by atoms with Gasteiger partial charge in [-0.15, -0.1) is 0 Å². The van der Waals surface area contributed by atoms with Crippen molar-refractivity contribution >= 4 is 7.32 Å². The van der Waals surface area contributed by atoms with Crippen molar-refractivity contribution in [2.75, 3.05) is 0 Å². The number of rotatable bonds is 0. The average molecular weight is 189 g/mol. The van der Waals surface area contributed by atoms with Gasteiger partial charge in [0.05, 0.1) is 0 Å². The Hall–Kier alpha value is -0.256. The molecule has 61 valence electrons. The quantitative estimate of drug-likeness (QED) is 0.443. The third-order valence-corrected chi connectivity index (χ3v) is 0.496. The van der Waals surface area contributed by atoms with Crippen LogP contribution in [-0.2, 0) is 17.1 Å². The Balaban J connectivity index is 0. The second kappa shape index (κ2) is 8.74. The molecule has 0 unspecified atom stereocenters. The van der Waals surface area contributed by atoms with Gasteiger partial charge in [0.2, 0.25) is 0 Å². The van der Waals surface area contributed by atoms with Crippen LogP contribution in [0.3, 0.4) is 0 Å². The van der Waals surface area contributed by atoms with Crippen LogP contribution >= 0.6 is 0 Å². The largest absolute Gasteiger partial charge is 0.907 e. The van der Waals surface area contributed by atoms with Gasteiger partial charge in [-0.25, -0.2) is 0 Å². The summed E-state index contributed by atoms with van der Waals surface area (Å²) >= 11 is 0. The fourth-order valence-electron chi connectivity index (χ4n) is 0.278. The zero-order valence-electron chi connectivity index (χ0n) is 4.91. The van der Waals surface area contributed by atoms with E-state index < -0.39 is 7.32 Å². The predicted octanol–water partition coefficient (Wildman–Crippen LogP) is -2.94. The summed E-state index contributed by atoms with van der Waals surface area (Å²) in [5.74, 6) is 0. The summed E-state index contributed by atoms with van der Waals surface area (Å²) in [4.78, 5) is 2.86. The number of hydrogen-bond acceptors (Lipinski definition) is 3. The molecule has 0 saturated heterocycles. The van der Waals surface area contributed by atoms with E-state index in [0.717, 1.165) is 0 Å². The first-order chi connectivity index (χ1) is 4.23. The van der Waals surface area contributed by atoms with Crippen LogP contribution in [0.4, 0.5) is 0 Å². The van der Waals surface area contributed by atoms with E-state index in [-0.39, 0.29) is 17.1 Å². The fourth-order valence-corrected chi connectivity index (χ4v) is 0.278. The van der Waals surface area contributed by atoms with Crippen molar-refractivity contribution in [2.24, 2.45) is 0 Å². The van der Waals surface area contributed by atoms with Crippen LogP contribution in [0, 0.1) is 0 Å². The molecule has 0 aliphatic heterocycles. The first-order valence-electron chi connectivity index (χ1n) is 2.28. The SMILES string of the molecule is [Cu].[O-]B([O-])[O-].c1cc[nH]c1. The van der Waals surface area contributed by atoms with Crippen molar-refractivity contribution in [1.82, 2.24) is 4.98 Å². The maximum atomic E-state index is 8.42. The third kappa shape index (κ3) is 15.6. The van der Waals surface area contributed by atoms with Crippen molar-refractivity contribution in [1.29, 1.82) is 0 Å². The first-order valence-corrected chi connectivity index (χ1v) is 2.28. The molecule has 1 radical (unpaired) electrons. The molecular formula is C4H5BCuNO3-3. The standard InChI is InChI=1S/C4H5N.BO3.Cu/c1-2-4-5-3-1;2-1(3)4;/h1-5H;;/q;-3;. The van der Waals surface area contributed by atoms with Gasteiger partial charge in [-0.05, 0) is 12.1 Å². The van der Waals surface area contributed by atoms with E-state index in [1.165, 1.54) is 0 Å². The summed E-state index contributed by atoms with van der Waals surface area (Å²) < 4.78 is 0. The van der Waals surface area contributed by atoms with Crippen LogP contribution in [0.2, 0.25) is 0 Å². The minimum absolute atomic E-state index is 0. The number of nitrogens with one attached hydrogen (secondary N) is 1. The molecule has 0 fully saturated rings. The second-order valence-electron chi connectivity index (χ2n) is 1.17. The van der Waals surface area contributed by atoms with Gasteiger partial charge in [-0.3, -0.25) is 7.32 Å². The molecule has 6 heteroatoms. The number of aromatic amines is 1. The van der Waals surface area contributed by atoms with Crippen LogP contribution < -0.4 is 15.1 Å². The van der Waals surface area contributed by atoms with Gasteiger partial charge in [0, 0.05) is 29.5 Å². The molecule has 1 aromatic rings. The molecule has 0 aliphatic carbocycles. The Kier molecular flexibility index (Phi) is 10.9. The molecule has 1 heterocycles. The normalized spacial score (nSPS) is 6.70. The van der Waals surface area contributed by atoms with Crippen LogP contribution in [0.15, 0.2) is 24.5 Å². The van der Waals surface area contributed by atoms with E-state index in [9.17, 15) is 0 Å². The third-order valence-electron chi connectivity index (χ3n) is 0.496. The van der Waals surface area contributed by atoms with Gasteiger partial charge in [-0.2, -0.15) is 0 Å². The molecule has 4 nitrogen and oxygen atoms in total. The molecule has 0 bridgehead atoms. The van der Waals surface area contributed by atoms with Gasteiger partial charge in [0.25, 0.3) is 0 Å². The van der Waals surface area contributed by atoms with E-state index in [1.54, 1.807) is 0 Å². The molecule has 1 N–H and O–H groups in total. The van der Waals surface area contributed by atoms with Crippen molar-refractivity contribution in [3.8, 4) is 0 Å². The number of aromatic nitrogens is 1. The second-order valence-corrected chi connectivity index (χ2v) is 1.17. The van der Waals surface area contributed by atoms with Crippen molar-refractivity contribution < 1.29 is 32.1 Å². The number of H-pyrrole nitrogens is 1. The first kappa shape index (κ1) is 12.4. The van der Waals surface area contributed by atoms with Crippen LogP contribution in [-0.4, -0.2) is 12.3 Å². The van der Waals surface area contributed by atoms with E-state index in [0.29, 0.717) is 0 Å². The Bertz CT molecular complexity index is 104. The number of hydrogen-bond donors (Lipinski definition) is 1. The zero-order chi connectivity index (χ0) is 7.11. The van der Waals surface area contributed by atoms with Crippen molar-refractivity contribution in [3.05, 3.63) is 24.5 Å². The molecule has 0 aromatic carbocycles. The zero-order valence-corrected chi connectivity index (χ0v) is 5.85. The van der Waals surface area contributed by atoms with Gasteiger partial charge < -0.3 is 20.1 Å². The molecule has 10 heavy (non-hydrogen) atoms. The van der Waals surface area contributed by atoms with Crippen LogP contribution in [0.5, 0.6) is 0 Å². The predicted molar refractivity (Wildman–Crippen MR) is 26.5 cm³/mol. The van der Waals surface area contributed by atoms with Crippen molar-refractivity contribution in [2.45, 2.75) is 0 Å². The average Bonchev–Trinajstić information content (AvgIpc) is 2.11. The Labute approximate surface area is 69.6 Å². The molecule has 0 aliphatic rings. The Morgan fingerprint density at radius 1 is 1.00 bits per heavy atom. The summed E-state index contributed by atoms with van der Waals surface area (Å²) in [6, 6.07) is 3.89. The molecule has 1 aromatic heterocycles. The van der Waals surface area contributed by atoms with Crippen LogP contribution in [0.1, 0.15) is 0 Å². The van der Waals surface area contributed by atoms with Gasteiger partial charge in [0.1, 0.15) is 0 Å². The van der Waals surface area contributed by atoms with E-state index in [1.807, 2.05) is 24.5 Å². The van der Waals surface area contributed by atoms with Crippen molar-refractivity contribution in [3.63, 3.8) is 0 Å². The minimum Gasteiger partial charge on any atom is -0.907 e. The Morgan fingerprint density at radius 3 is 1.40 bits per heavy atom. The van der Waals surface area contributed by atoms with Crippen LogP contribution in [0.25, 0.3) is 0 Å². The van der Waals surface area contributed by atoms with Gasteiger partial charge in [-0.1, -0.05) is 0 Å². The van der Waals surface area contributed by atoms with E-state index in [4.69, 9.17) is 15.1 Å². The smallest absolute Gasteiger partial charge is 0.000496 e. The summed E-state index contributed by atoms with van der Waals surface area (Å²) in [7, 11) is -2.92. The maximum Gasteiger partial charge on any atom is 0.000496 e. The molecule has 0 atom stereocenters. The monoisotopic (exact) mass is 189 g/mol.